The fraction of sp³-hybridized carbons (Fsp3) is 0.600. The Morgan fingerprint density at radius 3 is 2.50 bits per heavy atom. The highest BCUT2D eigenvalue weighted by atomic mass is 32.2. The van der Waals surface area contributed by atoms with Crippen LogP contribution >= 0.6 is 11.8 Å². The average molecular weight is 182 g/mol. The topological polar surface area (TPSA) is 20.2 Å². The van der Waals surface area contributed by atoms with Gasteiger partial charge in [0.2, 0.25) is 0 Å². The predicted molar refractivity (Wildman–Crippen MR) is 54.8 cm³/mol. The summed E-state index contributed by atoms with van der Waals surface area (Å²) < 4.78 is 0. The van der Waals surface area contributed by atoms with E-state index in [0.717, 1.165) is 11.5 Å². The normalized spacial score (nSPS) is 10.6. The molecule has 0 saturated carbocycles. The third-order valence-corrected chi connectivity index (χ3v) is 1.74. The molecule has 1 nitrogen and oxygen atoms in total. The van der Waals surface area contributed by atoms with E-state index in [2.05, 4.69) is 23.7 Å². The minimum atomic E-state index is -0.307. The molecule has 0 aromatic heterocycles. The van der Waals surface area contributed by atoms with E-state index in [-0.39, 0.29) is 6.10 Å². The summed E-state index contributed by atoms with van der Waals surface area (Å²) in [5.41, 5.74) is 0. The second-order valence-electron chi connectivity index (χ2n) is 2.33. The van der Waals surface area contributed by atoms with Crippen molar-refractivity contribution in [3.05, 3.63) is 0 Å². The number of hydrogen-bond acceptors (Lipinski definition) is 2. The average Bonchev–Trinajstić information content (AvgIpc) is 2.02. The number of aliphatic hydroxyl groups excluding tert-OH is 1. The second kappa shape index (κ2) is 8.53. The van der Waals surface area contributed by atoms with Crippen LogP contribution in [0.1, 0.15) is 20.3 Å². The Kier molecular flexibility index (Phi) is 8.12. The lowest BCUT2D eigenvalue weighted by Crippen LogP contribution is -1.95. The smallest absolute Gasteiger partial charge is 0.0621 e. The van der Waals surface area contributed by atoms with Crippen LogP contribution in [0.15, 0.2) is 0 Å². The Balaban J connectivity index is 3.25. The third-order valence-electron chi connectivity index (χ3n) is 1.05. The van der Waals surface area contributed by atoms with E-state index in [0.29, 0.717) is 6.42 Å². The Hall–Kier alpha value is -0.570. The fourth-order valence-electron chi connectivity index (χ4n) is 0.496. The highest BCUT2D eigenvalue weighted by Crippen LogP contribution is 1.95. The molecule has 0 aliphatic heterocycles. The van der Waals surface area contributed by atoms with Crippen LogP contribution in [0.4, 0.5) is 0 Å². The second-order valence-corrected chi connectivity index (χ2v) is 3.31. The number of hydrogen-bond donors (Lipinski definition) is 1. The highest BCUT2D eigenvalue weighted by molar-refractivity contribution is 7.99. The van der Waals surface area contributed by atoms with Gasteiger partial charge in [0, 0.05) is 6.42 Å². The zero-order chi connectivity index (χ0) is 9.23. The molecule has 0 amide bonds. The van der Waals surface area contributed by atoms with Gasteiger partial charge in [-0.1, -0.05) is 17.8 Å². The van der Waals surface area contributed by atoms with Crippen LogP contribution < -0.4 is 0 Å². The zero-order valence-corrected chi connectivity index (χ0v) is 8.37. The van der Waals surface area contributed by atoms with Crippen molar-refractivity contribution in [1.29, 1.82) is 0 Å². The standard InChI is InChI=1S/C10H14OS/c1-3-4-8-12-9-6-5-7-10(2)11/h10-11H,7-9H2,1-2H3. The van der Waals surface area contributed by atoms with Gasteiger partial charge in [0.25, 0.3) is 0 Å². The SMILES string of the molecule is CC#CCSCC#CCC(C)O. The lowest BCUT2D eigenvalue weighted by Gasteiger charge is -1.92. The van der Waals surface area contributed by atoms with Crippen LogP contribution in [0.3, 0.4) is 0 Å². The molecule has 1 atom stereocenters. The molecule has 0 aromatic rings. The number of thioether (sulfide) groups is 1. The van der Waals surface area contributed by atoms with Crippen LogP contribution in [0.5, 0.6) is 0 Å². The molecule has 0 aliphatic rings. The summed E-state index contributed by atoms with van der Waals surface area (Å²) >= 11 is 1.70. The van der Waals surface area contributed by atoms with Gasteiger partial charge in [0.15, 0.2) is 0 Å². The Bertz CT molecular complexity index is 211. The Morgan fingerprint density at radius 1 is 1.25 bits per heavy atom. The van der Waals surface area contributed by atoms with Crippen LogP contribution in [0, 0.1) is 23.7 Å². The first-order valence-electron chi connectivity index (χ1n) is 3.88. The number of aliphatic hydroxyl groups is 1. The molecule has 0 spiro atoms. The third kappa shape index (κ3) is 9.43. The van der Waals surface area contributed by atoms with Gasteiger partial charge in [0.05, 0.1) is 17.6 Å². The van der Waals surface area contributed by atoms with Crippen molar-refractivity contribution in [3.63, 3.8) is 0 Å². The summed E-state index contributed by atoms with van der Waals surface area (Å²) in [5.74, 6) is 13.3. The van der Waals surface area contributed by atoms with Gasteiger partial charge in [-0.3, -0.25) is 0 Å². The molecule has 2 heteroatoms. The van der Waals surface area contributed by atoms with Gasteiger partial charge in [-0.05, 0) is 13.8 Å². The molecule has 0 bridgehead atoms. The number of rotatable bonds is 3. The van der Waals surface area contributed by atoms with Crippen LogP contribution in [0.25, 0.3) is 0 Å². The van der Waals surface area contributed by atoms with Gasteiger partial charge in [-0.2, -0.15) is 0 Å². The molecular weight excluding hydrogens is 168 g/mol. The summed E-state index contributed by atoms with van der Waals surface area (Å²) in [6.07, 6.45) is 0.262. The minimum Gasteiger partial charge on any atom is -0.392 e. The predicted octanol–water partition coefficient (Wildman–Crippen LogP) is 1.52. The van der Waals surface area contributed by atoms with Gasteiger partial charge in [0.1, 0.15) is 0 Å². The highest BCUT2D eigenvalue weighted by Gasteiger charge is 1.87. The first-order chi connectivity index (χ1) is 5.77. The Labute approximate surface area is 78.9 Å². The van der Waals surface area contributed by atoms with Crippen molar-refractivity contribution in [2.45, 2.75) is 26.4 Å². The molecule has 1 unspecified atom stereocenters. The maximum absolute atomic E-state index is 8.86. The molecule has 1 N–H and O–H groups in total. The van der Waals surface area contributed by atoms with Crippen molar-refractivity contribution >= 4 is 11.8 Å². The van der Waals surface area contributed by atoms with Crippen molar-refractivity contribution in [1.82, 2.24) is 0 Å². The largest absolute Gasteiger partial charge is 0.392 e. The van der Waals surface area contributed by atoms with E-state index in [1.54, 1.807) is 18.7 Å². The lowest BCUT2D eigenvalue weighted by atomic mass is 10.3. The molecule has 0 heterocycles. The van der Waals surface area contributed by atoms with E-state index in [1.165, 1.54) is 0 Å². The fourth-order valence-corrected chi connectivity index (χ4v) is 1.05. The van der Waals surface area contributed by atoms with Gasteiger partial charge >= 0.3 is 0 Å². The molecule has 0 fully saturated rings. The molecule has 12 heavy (non-hydrogen) atoms. The molecule has 66 valence electrons. The summed E-state index contributed by atoms with van der Waals surface area (Å²) in [5, 5.41) is 8.86. The van der Waals surface area contributed by atoms with Crippen LogP contribution in [-0.4, -0.2) is 22.7 Å². The van der Waals surface area contributed by atoms with Gasteiger partial charge in [-0.15, -0.1) is 17.7 Å². The lowest BCUT2D eigenvalue weighted by molar-refractivity contribution is 0.201. The zero-order valence-electron chi connectivity index (χ0n) is 7.55. The first kappa shape index (κ1) is 11.4. The molecular formula is C10H14OS. The van der Waals surface area contributed by atoms with Crippen molar-refractivity contribution in [3.8, 4) is 23.7 Å². The van der Waals surface area contributed by atoms with E-state index < -0.39 is 0 Å². The molecule has 0 rings (SSSR count). The minimum absolute atomic E-state index is 0.307. The van der Waals surface area contributed by atoms with Crippen molar-refractivity contribution in [2.75, 3.05) is 11.5 Å². The van der Waals surface area contributed by atoms with Crippen LogP contribution in [-0.2, 0) is 0 Å². The summed E-state index contributed by atoms with van der Waals surface area (Å²) in [7, 11) is 0. The van der Waals surface area contributed by atoms with E-state index in [1.807, 2.05) is 6.92 Å². The monoisotopic (exact) mass is 182 g/mol. The van der Waals surface area contributed by atoms with Gasteiger partial charge in [-0.25, -0.2) is 0 Å². The summed E-state index contributed by atoms with van der Waals surface area (Å²) in [4.78, 5) is 0. The van der Waals surface area contributed by atoms with Crippen LogP contribution in [0.2, 0.25) is 0 Å². The maximum Gasteiger partial charge on any atom is 0.0621 e. The quantitative estimate of drug-likeness (QED) is 0.527. The molecule has 0 saturated heterocycles. The molecule has 0 radical (unpaired) electrons. The van der Waals surface area contributed by atoms with Crippen molar-refractivity contribution in [2.24, 2.45) is 0 Å². The van der Waals surface area contributed by atoms with E-state index >= 15 is 0 Å². The van der Waals surface area contributed by atoms with E-state index in [9.17, 15) is 0 Å². The van der Waals surface area contributed by atoms with E-state index in [4.69, 9.17) is 5.11 Å². The first-order valence-corrected chi connectivity index (χ1v) is 5.04. The molecule has 0 aliphatic carbocycles. The van der Waals surface area contributed by atoms with Crippen molar-refractivity contribution < 1.29 is 5.11 Å². The Morgan fingerprint density at radius 2 is 1.92 bits per heavy atom. The summed E-state index contributed by atoms with van der Waals surface area (Å²) in [6.45, 7) is 3.57. The molecule has 0 aromatic carbocycles. The summed E-state index contributed by atoms with van der Waals surface area (Å²) in [6, 6.07) is 0. The van der Waals surface area contributed by atoms with Gasteiger partial charge < -0.3 is 5.11 Å². The maximum atomic E-state index is 8.86.